The molecule has 0 aliphatic rings. The monoisotopic (exact) mass is 346 g/mol. The van der Waals surface area contributed by atoms with E-state index in [9.17, 15) is 4.79 Å². The normalized spacial score (nSPS) is 10.7. The molecule has 1 aromatic rings. The van der Waals surface area contributed by atoms with Gasteiger partial charge in [-0.05, 0) is 5.56 Å². The Morgan fingerprint density at radius 3 is 1.74 bits per heavy atom. The zero-order valence-corrected chi connectivity index (χ0v) is 13.8. The van der Waals surface area contributed by atoms with Crippen LogP contribution in [-0.4, -0.2) is 58.3 Å². The Bertz CT molecular complexity index is 401. The Kier molecular flexibility index (Phi) is 12.5. The summed E-state index contributed by atoms with van der Waals surface area (Å²) in [5.74, 6) is 0. The van der Waals surface area contributed by atoms with Crippen molar-refractivity contribution in [3.63, 3.8) is 0 Å². The van der Waals surface area contributed by atoms with Gasteiger partial charge >= 0.3 is 5.43 Å². The van der Waals surface area contributed by atoms with Gasteiger partial charge in [0.05, 0.1) is 52.9 Å². The number of carbonyl (C=O) groups excluding carboxylic acids is 1. The number of carbonyl (C=O) groups is 1. The zero-order valence-electron chi connectivity index (χ0n) is 13.1. The molecule has 0 heterocycles. The van der Waals surface area contributed by atoms with Crippen LogP contribution in [-0.2, 0) is 30.3 Å². The molecular formula is C16H23ClO6. The van der Waals surface area contributed by atoms with E-state index in [1.165, 1.54) is 0 Å². The minimum Gasteiger partial charge on any atom is -0.451 e. The lowest BCUT2D eigenvalue weighted by Crippen LogP contribution is -2.13. The molecule has 0 amide bonds. The second-order valence-electron chi connectivity index (χ2n) is 4.46. The van der Waals surface area contributed by atoms with Crippen molar-refractivity contribution in [2.45, 2.75) is 6.61 Å². The van der Waals surface area contributed by atoms with Crippen molar-refractivity contribution >= 4 is 17.0 Å². The van der Waals surface area contributed by atoms with E-state index in [0.717, 1.165) is 5.56 Å². The van der Waals surface area contributed by atoms with Gasteiger partial charge in [0.1, 0.15) is 6.61 Å². The molecule has 0 saturated carbocycles. The highest BCUT2D eigenvalue weighted by Crippen LogP contribution is 1.99. The van der Waals surface area contributed by atoms with Gasteiger partial charge in [-0.3, -0.25) is 0 Å². The van der Waals surface area contributed by atoms with Gasteiger partial charge in [0, 0.05) is 11.6 Å². The Hall–Kier alpha value is -1.18. The summed E-state index contributed by atoms with van der Waals surface area (Å²) < 4.78 is 25.8. The molecule has 7 heteroatoms. The van der Waals surface area contributed by atoms with E-state index in [0.29, 0.717) is 52.9 Å². The van der Waals surface area contributed by atoms with Crippen molar-refractivity contribution in [1.29, 1.82) is 0 Å². The molecule has 0 aromatic heterocycles. The lowest BCUT2D eigenvalue weighted by molar-refractivity contribution is -0.00769. The number of ether oxygens (including phenoxy) is 5. The molecule has 0 saturated heterocycles. The number of hydrogen-bond acceptors (Lipinski definition) is 6. The molecule has 0 unspecified atom stereocenters. The van der Waals surface area contributed by atoms with E-state index in [4.69, 9.17) is 30.5 Å². The van der Waals surface area contributed by atoms with Crippen LogP contribution in [0.3, 0.4) is 0 Å². The smallest absolute Gasteiger partial charge is 0.403 e. The van der Waals surface area contributed by atoms with Crippen molar-refractivity contribution in [2.75, 3.05) is 52.9 Å². The number of hydrogen-bond donors (Lipinski definition) is 0. The molecule has 130 valence electrons. The predicted octanol–water partition coefficient (Wildman–Crippen LogP) is 2.63. The summed E-state index contributed by atoms with van der Waals surface area (Å²) in [7, 11) is 0. The topological polar surface area (TPSA) is 63.2 Å². The van der Waals surface area contributed by atoms with Gasteiger partial charge in [-0.15, -0.1) is 0 Å². The van der Waals surface area contributed by atoms with Crippen LogP contribution in [0.1, 0.15) is 5.56 Å². The first kappa shape index (κ1) is 19.9. The lowest BCUT2D eigenvalue weighted by atomic mass is 10.2. The van der Waals surface area contributed by atoms with Gasteiger partial charge in [-0.25, -0.2) is 4.79 Å². The van der Waals surface area contributed by atoms with Crippen LogP contribution < -0.4 is 0 Å². The fraction of sp³-hybridized carbons (Fsp3) is 0.562. The molecule has 0 aliphatic carbocycles. The first-order valence-electron chi connectivity index (χ1n) is 7.46. The second-order valence-corrected chi connectivity index (χ2v) is 4.77. The predicted molar refractivity (Wildman–Crippen MR) is 85.8 cm³/mol. The van der Waals surface area contributed by atoms with Crippen molar-refractivity contribution in [2.24, 2.45) is 0 Å². The largest absolute Gasteiger partial charge is 0.451 e. The van der Waals surface area contributed by atoms with Crippen LogP contribution in [0.25, 0.3) is 0 Å². The minimum atomic E-state index is -0.824. The van der Waals surface area contributed by atoms with E-state index in [2.05, 4.69) is 4.74 Å². The summed E-state index contributed by atoms with van der Waals surface area (Å²) in [4.78, 5) is 10.3. The molecule has 0 atom stereocenters. The SMILES string of the molecule is O=C(Cl)OCCOCCOCCOCCOCc1ccccc1. The summed E-state index contributed by atoms with van der Waals surface area (Å²) in [6.07, 6.45) is 0. The Balaban J connectivity index is 1.74. The van der Waals surface area contributed by atoms with Crippen molar-refractivity contribution < 1.29 is 28.5 Å². The van der Waals surface area contributed by atoms with Crippen molar-refractivity contribution in [3.05, 3.63) is 35.9 Å². The molecule has 0 fully saturated rings. The summed E-state index contributed by atoms with van der Waals surface area (Å²) in [6, 6.07) is 10.0. The third-order valence-corrected chi connectivity index (χ3v) is 2.78. The maximum absolute atomic E-state index is 10.3. The molecule has 0 spiro atoms. The fourth-order valence-electron chi connectivity index (χ4n) is 1.60. The highest BCUT2D eigenvalue weighted by molar-refractivity contribution is 6.61. The average Bonchev–Trinajstić information content (AvgIpc) is 2.56. The molecule has 0 aliphatic heterocycles. The first-order valence-corrected chi connectivity index (χ1v) is 7.84. The van der Waals surface area contributed by atoms with Crippen LogP contribution in [0, 0.1) is 0 Å². The van der Waals surface area contributed by atoms with Gasteiger partial charge < -0.3 is 23.7 Å². The maximum Gasteiger partial charge on any atom is 0.403 e. The van der Waals surface area contributed by atoms with Crippen LogP contribution in [0.2, 0.25) is 0 Å². The van der Waals surface area contributed by atoms with Gasteiger partial charge in [0.25, 0.3) is 0 Å². The molecule has 1 rings (SSSR count). The third-order valence-electron chi connectivity index (χ3n) is 2.67. The fourth-order valence-corrected chi connectivity index (χ4v) is 1.68. The summed E-state index contributed by atoms with van der Waals surface area (Å²) >= 11 is 4.99. The van der Waals surface area contributed by atoms with E-state index in [-0.39, 0.29) is 6.61 Å². The van der Waals surface area contributed by atoms with Gasteiger partial charge in [-0.1, -0.05) is 30.3 Å². The third kappa shape index (κ3) is 13.0. The summed E-state index contributed by atoms with van der Waals surface area (Å²) in [6.45, 7) is 4.04. The van der Waals surface area contributed by atoms with Crippen molar-refractivity contribution in [1.82, 2.24) is 0 Å². The molecule has 0 N–H and O–H groups in total. The minimum absolute atomic E-state index is 0.147. The first-order chi connectivity index (χ1) is 11.3. The Labute approximate surface area is 141 Å². The molecule has 1 aromatic carbocycles. The molecule has 6 nitrogen and oxygen atoms in total. The van der Waals surface area contributed by atoms with E-state index >= 15 is 0 Å². The van der Waals surface area contributed by atoms with Crippen LogP contribution in [0.5, 0.6) is 0 Å². The Morgan fingerprint density at radius 2 is 1.22 bits per heavy atom. The maximum atomic E-state index is 10.3. The molecular weight excluding hydrogens is 324 g/mol. The standard InChI is InChI=1S/C16H23ClO6/c17-16(18)23-13-12-21-9-8-19-6-7-20-10-11-22-14-15-4-2-1-3-5-15/h1-5H,6-14H2. The van der Waals surface area contributed by atoms with E-state index in [1.807, 2.05) is 30.3 Å². The number of halogens is 1. The average molecular weight is 347 g/mol. The number of benzene rings is 1. The second kappa shape index (κ2) is 14.4. The van der Waals surface area contributed by atoms with Crippen LogP contribution >= 0.6 is 11.6 Å². The highest BCUT2D eigenvalue weighted by Gasteiger charge is 1.96. The molecule has 23 heavy (non-hydrogen) atoms. The van der Waals surface area contributed by atoms with Gasteiger partial charge in [-0.2, -0.15) is 0 Å². The Morgan fingerprint density at radius 1 is 0.739 bits per heavy atom. The van der Waals surface area contributed by atoms with Crippen LogP contribution in [0.4, 0.5) is 4.79 Å². The summed E-state index contributed by atoms with van der Waals surface area (Å²) in [5, 5.41) is 0. The number of rotatable bonds is 14. The van der Waals surface area contributed by atoms with E-state index < -0.39 is 5.43 Å². The molecule has 0 radical (unpaired) electrons. The zero-order chi connectivity index (χ0) is 16.6. The summed E-state index contributed by atoms with van der Waals surface area (Å²) in [5.41, 5.74) is 0.325. The van der Waals surface area contributed by atoms with Crippen LogP contribution in [0.15, 0.2) is 30.3 Å². The lowest BCUT2D eigenvalue weighted by Gasteiger charge is -2.07. The molecule has 0 bridgehead atoms. The quantitative estimate of drug-likeness (QED) is 0.381. The van der Waals surface area contributed by atoms with Crippen molar-refractivity contribution in [3.8, 4) is 0 Å². The highest BCUT2D eigenvalue weighted by atomic mass is 35.5. The van der Waals surface area contributed by atoms with Gasteiger partial charge in [0.2, 0.25) is 0 Å². The van der Waals surface area contributed by atoms with E-state index in [1.54, 1.807) is 0 Å². The van der Waals surface area contributed by atoms with Gasteiger partial charge in [0.15, 0.2) is 0 Å².